The maximum atomic E-state index is 5.44. The van der Waals surface area contributed by atoms with Crippen LogP contribution < -0.4 is 5.32 Å². The van der Waals surface area contributed by atoms with Gasteiger partial charge in [-0.2, -0.15) is 5.10 Å². The lowest BCUT2D eigenvalue weighted by Crippen LogP contribution is -2.07. The Balaban J connectivity index is 2.80. The van der Waals surface area contributed by atoms with E-state index < -0.39 is 0 Å². The molecule has 0 saturated carbocycles. The van der Waals surface area contributed by atoms with Crippen LogP contribution in [-0.4, -0.2) is 22.9 Å². The zero-order valence-corrected chi connectivity index (χ0v) is 10.1. The Kier molecular flexibility index (Phi) is 4.62. The molecule has 0 radical (unpaired) electrons. The highest BCUT2D eigenvalue weighted by Crippen LogP contribution is 2.19. The van der Waals surface area contributed by atoms with Gasteiger partial charge in [0.1, 0.15) is 5.82 Å². The number of hydrogen-bond acceptors (Lipinski definition) is 3. The molecule has 1 heterocycles. The summed E-state index contributed by atoms with van der Waals surface area (Å²) < 4.78 is 7.33. The van der Waals surface area contributed by atoms with Gasteiger partial charge < -0.3 is 10.1 Å². The van der Waals surface area contributed by atoms with Crippen LogP contribution in [-0.2, 0) is 18.4 Å². The van der Waals surface area contributed by atoms with Crippen LogP contribution in [0.5, 0.6) is 0 Å². The van der Waals surface area contributed by atoms with Gasteiger partial charge in [-0.05, 0) is 20.3 Å². The third-order valence-corrected chi connectivity index (χ3v) is 2.34. The van der Waals surface area contributed by atoms with E-state index in [2.05, 4.69) is 17.3 Å². The first-order valence-corrected chi connectivity index (χ1v) is 5.54. The van der Waals surface area contributed by atoms with Gasteiger partial charge >= 0.3 is 0 Å². The lowest BCUT2D eigenvalue weighted by molar-refractivity contribution is 0.134. The first-order chi connectivity index (χ1) is 7.20. The molecule has 4 heteroatoms. The molecule has 4 nitrogen and oxygen atoms in total. The SMILES string of the molecule is CCCNc1c(COCC)c(C)nn1C. The van der Waals surface area contributed by atoms with E-state index in [1.807, 2.05) is 25.6 Å². The minimum atomic E-state index is 0.641. The fraction of sp³-hybridized carbons (Fsp3) is 0.727. The normalized spacial score (nSPS) is 10.7. The van der Waals surface area contributed by atoms with E-state index in [1.54, 1.807) is 0 Å². The van der Waals surface area contributed by atoms with Crippen molar-refractivity contribution in [3.8, 4) is 0 Å². The van der Waals surface area contributed by atoms with Crippen molar-refractivity contribution >= 4 is 5.82 Å². The summed E-state index contributed by atoms with van der Waals surface area (Å²) in [5.74, 6) is 1.09. The quantitative estimate of drug-likeness (QED) is 0.783. The predicted octanol–water partition coefficient (Wildman–Crippen LogP) is 2.09. The van der Waals surface area contributed by atoms with Crippen molar-refractivity contribution in [2.24, 2.45) is 7.05 Å². The van der Waals surface area contributed by atoms with E-state index in [-0.39, 0.29) is 0 Å². The van der Waals surface area contributed by atoms with Gasteiger partial charge in [-0.1, -0.05) is 6.92 Å². The molecular formula is C11H21N3O. The number of nitrogens with one attached hydrogen (secondary N) is 1. The molecule has 86 valence electrons. The molecule has 0 spiro atoms. The molecule has 0 bridgehead atoms. The minimum Gasteiger partial charge on any atom is -0.377 e. The third kappa shape index (κ3) is 2.96. The molecule has 1 aromatic rings. The Labute approximate surface area is 91.6 Å². The van der Waals surface area contributed by atoms with Crippen LogP contribution >= 0.6 is 0 Å². The summed E-state index contributed by atoms with van der Waals surface area (Å²) in [6, 6.07) is 0. The van der Waals surface area contributed by atoms with Crippen LogP contribution in [0, 0.1) is 6.92 Å². The van der Waals surface area contributed by atoms with Gasteiger partial charge in [-0.25, -0.2) is 0 Å². The molecule has 0 amide bonds. The average Bonchev–Trinajstić information content (AvgIpc) is 2.47. The molecule has 0 atom stereocenters. The van der Waals surface area contributed by atoms with Crippen LogP contribution in [0.3, 0.4) is 0 Å². The van der Waals surface area contributed by atoms with Crippen molar-refractivity contribution in [3.63, 3.8) is 0 Å². The van der Waals surface area contributed by atoms with Gasteiger partial charge in [-0.15, -0.1) is 0 Å². The van der Waals surface area contributed by atoms with E-state index in [0.29, 0.717) is 6.61 Å². The van der Waals surface area contributed by atoms with Crippen LogP contribution in [0.4, 0.5) is 5.82 Å². The summed E-state index contributed by atoms with van der Waals surface area (Å²) in [5, 5.41) is 7.77. The highest BCUT2D eigenvalue weighted by atomic mass is 16.5. The number of anilines is 1. The second-order valence-corrected chi connectivity index (χ2v) is 3.60. The maximum absolute atomic E-state index is 5.44. The smallest absolute Gasteiger partial charge is 0.129 e. The molecule has 0 aliphatic carbocycles. The second-order valence-electron chi connectivity index (χ2n) is 3.60. The monoisotopic (exact) mass is 211 g/mol. The van der Waals surface area contributed by atoms with Gasteiger partial charge in [-0.3, -0.25) is 4.68 Å². The standard InChI is InChI=1S/C11H21N3O/c1-5-7-12-11-10(8-15-6-2)9(3)13-14(11)4/h12H,5-8H2,1-4H3. The molecule has 0 fully saturated rings. The van der Waals surface area contributed by atoms with Gasteiger partial charge in [0.05, 0.1) is 12.3 Å². The summed E-state index contributed by atoms with van der Waals surface area (Å²) in [7, 11) is 1.96. The van der Waals surface area contributed by atoms with E-state index in [1.165, 1.54) is 5.56 Å². The fourth-order valence-electron chi connectivity index (χ4n) is 1.54. The molecular weight excluding hydrogens is 190 g/mol. The molecule has 1 rings (SSSR count). The lowest BCUT2D eigenvalue weighted by atomic mass is 10.2. The maximum Gasteiger partial charge on any atom is 0.129 e. The number of ether oxygens (including phenoxy) is 1. The molecule has 0 saturated heterocycles. The lowest BCUT2D eigenvalue weighted by Gasteiger charge is -2.08. The topological polar surface area (TPSA) is 39.1 Å². The zero-order valence-electron chi connectivity index (χ0n) is 10.1. The Morgan fingerprint density at radius 3 is 2.73 bits per heavy atom. The molecule has 0 aliphatic rings. The molecule has 0 aromatic carbocycles. The third-order valence-electron chi connectivity index (χ3n) is 2.34. The van der Waals surface area contributed by atoms with Crippen molar-refractivity contribution in [1.82, 2.24) is 9.78 Å². The fourth-order valence-corrected chi connectivity index (χ4v) is 1.54. The molecule has 1 N–H and O–H groups in total. The van der Waals surface area contributed by atoms with Gasteiger partial charge in [0.2, 0.25) is 0 Å². The van der Waals surface area contributed by atoms with Crippen molar-refractivity contribution in [1.29, 1.82) is 0 Å². The highest BCUT2D eigenvalue weighted by Gasteiger charge is 2.12. The van der Waals surface area contributed by atoms with Crippen LogP contribution in [0.15, 0.2) is 0 Å². The largest absolute Gasteiger partial charge is 0.377 e. The van der Waals surface area contributed by atoms with Gasteiger partial charge in [0.15, 0.2) is 0 Å². The highest BCUT2D eigenvalue weighted by molar-refractivity contribution is 5.47. The number of nitrogens with zero attached hydrogens (tertiary/aromatic N) is 2. The van der Waals surface area contributed by atoms with Crippen LogP contribution in [0.25, 0.3) is 0 Å². The van der Waals surface area contributed by atoms with E-state index >= 15 is 0 Å². The molecule has 15 heavy (non-hydrogen) atoms. The first-order valence-electron chi connectivity index (χ1n) is 5.54. The zero-order chi connectivity index (χ0) is 11.3. The molecule has 0 aliphatic heterocycles. The van der Waals surface area contributed by atoms with E-state index in [9.17, 15) is 0 Å². The van der Waals surface area contributed by atoms with Crippen molar-refractivity contribution < 1.29 is 4.74 Å². The first kappa shape index (κ1) is 12.0. The van der Waals surface area contributed by atoms with Crippen molar-refractivity contribution in [3.05, 3.63) is 11.3 Å². The summed E-state index contributed by atoms with van der Waals surface area (Å²) in [6.45, 7) is 8.52. The van der Waals surface area contributed by atoms with E-state index in [0.717, 1.165) is 31.1 Å². The van der Waals surface area contributed by atoms with Crippen LogP contribution in [0.1, 0.15) is 31.5 Å². The Morgan fingerprint density at radius 2 is 2.13 bits per heavy atom. The second kappa shape index (κ2) is 5.75. The summed E-state index contributed by atoms with van der Waals surface area (Å²) in [4.78, 5) is 0. The van der Waals surface area contributed by atoms with Crippen molar-refractivity contribution in [2.75, 3.05) is 18.5 Å². The number of aromatic nitrogens is 2. The number of aryl methyl sites for hydroxylation is 2. The number of hydrogen-bond donors (Lipinski definition) is 1. The Hall–Kier alpha value is -1.03. The number of rotatable bonds is 6. The van der Waals surface area contributed by atoms with Gasteiger partial charge in [0.25, 0.3) is 0 Å². The Bertz CT molecular complexity index is 279. The summed E-state index contributed by atoms with van der Waals surface area (Å²) in [5.41, 5.74) is 2.22. The van der Waals surface area contributed by atoms with Gasteiger partial charge in [0, 0.05) is 25.8 Å². The minimum absolute atomic E-state index is 0.641. The predicted molar refractivity (Wildman–Crippen MR) is 62.1 cm³/mol. The summed E-state index contributed by atoms with van der Waals surface area (Å²) >= 11 is 0. The molecule has 0 unspecified atom stereocenters. The molecule has 1 aromatic heterocycles. The van der Waals surface area contributed by atoms with Crippen LogP contribution in [0.2, 0.25) is 0 Å². The summed E-state index contributed by atoms with van der Waals surface area (Å²) in [6.07, 6.45) is 1.11. The van der Waals surface area contributed by atoms with Crippen molar-refractivity contribution in [2.45, 2.75) is 33.8 Å². The average molecular weight is 211 g/mol. The Morgan fingerprint density at radius 1 is 1.40 bits per heavy atom. The van der Waals surface area contributed by atoms with E-state index in [4.69, 9.17) is 4.74 Å².